The Labute approximate surface area is 148 Å². The van der Waals surface area contributed by atoms with Crippen LogP contribution in [0.2, 0.25) is 0 Å². The Balaban J connectivity index is 1.88. The number of amides is 1. The number of thiazole rings is 1. The monoisotopic (exact) mass is 345 g/mol. The van der Waals surface area contributed by atoms with Crippen molar-refractivity contribution in [1.29, 1.82) is 0 Å². The van der Waals surface area contributed by atoms with Gasteiger partial charge in [0.2, 0.25) is 0 Å². The van der Waals surface area contributed by atoms with Gasteiger partial charge in [0.25, 0.3) is 5.91 Å². The number of benzene rings is 1. The van der Waals surface area contributed by atoms with Crippen LogP contribution in [0, 0.1) is 0 Å². The number of nitrogens with one attached hydrogen (secondary N) is 2. The molecular formula is C19H27N3OS. The van der Waals surface area contributed by atoms with E-state index < -0.39 is 0 Å². The number of hydrogen-bond acceptors (Lipinski definition) is 4. The van der Waals surface area contributed by atoms with Crippen molar-refractivity contribution in [3.63, 3.8) is 0 Å². The first-order valence-electron chi connectivity index (χ1n) is 8.54. The van der Waals surface area contributed by atoms with Crippen molar-refractivity contribution in [3.05, 3.63) is 51.5 Å². The molecule has 130 valence electrons. The third kappa shape index (κ3) is 5.42. The highest BCUT2D eigenvalue weighted by molar-refractivity contribution is 7.09. The SMILES string of the molecule is CC[C@H](C)NC(=O)c1cccc(CNCc2csc(C(C)C)n2)c1. The summed E-state index contributed by atoms with van der Waals surface area (Å²) in [5, 5.41) is 9.69. The summed E-state index contributed by atoms with van der Waals surface area (Å²) in [5.41, 5.74) is 2.89. The molecule has 0 radical (unpaired) electrons. The maximum atomic E-state index is 12.2. The van der Waals surface area contributed by atoms with Crippen LogP contribution in [0.15, 0.2) is 29.6 Å². The zero-order valence-corrected chi connectivity index (χ0v) is 15.7. The quantitative estimate of drug-likeness (QED) is 0.758. The minimum Gasteiger partial charge on any atom is -0.350 e. The second-order valence-electron chi connectivity index (χ2n) is 6.42. The summed E-state index contributed by atoms with van der Waals surface area (Å²) in [6.45, 7) is 9.86. The van der Waals surface area contributed by atoms with E-state index in [9.17, 15) is 4.79 Å². The van der Waals surface area contributed by atoms with Crippen molar-refractivity contribution in [1.82, 2.24) is 15.6 Å². The summed E-state index contributed by atoms with van der Waals surface area (Å²) in [5.74, 6) is 0.469. The van der Waals surface area contributed by atoms with Gasteiger partial charge in [-0.2, -0.15) is 0 Å². The highest BCUT2D eigenvalue weighted by Crippen LogP contribution is 2.19. The highest BCUT2D eigenvalue weighted by Gasteiger charge is 2.09. The lowest BCUT2D eigenvalue weighted by Crippen LogP contribution is -2.32. The van der Waals surface area contributed by atoms with Gasteiger partial charge in [0.1, 0.15) is 0 Å². The molecule has 0 aliphatic heterocycles. The van der Waals surface area contributed by atoms with Gasteiger partial charge >= 0.3 is 0 Å². The predicted octanol–water partition coefficient (Wildman–Crippen LogP) is 4.08. The maximum Gasteiger partial charge on any atom is 0.251 e. The van der Waals surface area contributed by atoms with Crippen LogP contribution in [-0.4, -0.2) is 16.9 Å². The fourth-order valence-electron chi connectivity index (χ4n) is 2.24. The molecule has 0 saturated heterocycles. The minimum atomic E-state index is -0.00715. The van der Waals surface area contributed by atoms with Crippen molar-refractivity contribution in [2.45, 2.75) is 59.2 Å². The van der Waals surface area contributed by atoms with E-state index in [0.717, 1.165) is 30.8 Å². The van der Waals surface area contributed by atoms with E-state index in [1.165, 1.54) is 5.01 Å². The van der Waals surface area contributed by atoms with Gasteiger partial charge in [-0.15, -0.1) is 11.3 Å². The van der Waals surface area contributed by atoms with E-state index in [0.29, 0.717) is 11.5 Å². The van der Waals surface area contributed by atoms with E-state index in [1.54, 1.807) is 11.3 Å². The van der Waals surface area contributed by atoms with Crippen LogP contribution in [0.1, 0.15) is 66.7 Å². The Morgan fingerprint density at radius 3 is 2.71 bits per heavy atom. The fourth-order valence-corrected chi connectivity index (χ4v) is 3.07. The van der Waals surface area contributed by atoms with Gasteiger partial charge in [0.05, 0.1) is 10.7 Å². The molecule has 24 heavy (non-hydrogen) atoms. The lowest BCUT2D eigenvalue weighted by atomic mass is 10.1. The molecule has 0 fully saturated rings. The van der Waals surface area contributed by atoms with Crippen molar-refractivity contribution >= 4 is 17.2 Å². The van der Waals surface area contributed by atoms with E-state index in [-0.39, 0.29) is 11.9 Å². The zero-order chi connectivity index (χ0) is 17.5. The van der Waals surface area contributed by atoms with Gasteiger partial charge in [-0.1, -0.05) is 32.9 Å². The summed E-state index contributed by atoms with van der Waals surface area (Å²) in [6, 6.07) is 7.97. The van der Waals surface area contributed by atoms with Gasteiger partial charge in [0, 0.05) is 36.0 Å². The van der Waals surface area contributed by atoms with Gasteiger partial charge < -0.3 is 10.6 Å². The van der Waals surface area contributed by atoms with Gasteiger partial charge in [-0.05, 0) is 31.0 Å². The van der Waals surface area contributed by atoms with Gasteiger partial charge in [-0.3, -0.25) is 4.79 Å². The third-order valence-electron chi connectivity index (χ3n) is 3.88. The van der Waals surface area contributed by atoms with Gasteiger partial charge in [0.15, 0.2) is 0 Å². The Hall–Kier alpha value is -1.72. The standard InChI is InChI=1S/C19H27N3OS/c1-5-14(4)21-18(23)16-8-6-7-15(9-16)10-20-11-17-12-24-19(22-17)13(2)3/h6-9,12-14,20H,5,10-11H2,1-4H3,(H,21,23)/t14-/m0/s1. The van der Waals surface area contributed by atoms with Gasteiger partial charge in [-0.25, -0.2) is 4.98 Å². The Kier molecular flexibility index (Phi) is 6.94. The molecule has 1 heterocycles. The Morgan fingerprint density at radius 1 is 1.25 bits per heavy atom. The summed E-state index contributed by atoms with van der Waals surface area (Å²) in [7, 11) is 0. The van der Waals surface area contributed by atoms with Crippen LogP contribution >= 0.6 is 11.3 Å². The van der Waals surface area contributed by atoms with Crippen LogP contribution < -0.4 is 10.6 Å². The number of hydrogen-bond donors (Lipinski definition) is 2. The fraction of sp³-hybridized carbons (Fsp3) is 0.474. The molecule has 0 saturated carbocycles. The van der Waals surface area contributed by atoms with Crippen LogP contribution in [-0.2, 0) is 13.1 Å². The molecule has 0 unspecified atom stereocenters. The lowest BCUT2D eigenvalue weighted by molar-refractivity contribution is 0.0939. The molecule has 2 aromatic rings. The average Bonchev–Trinajstić information content (AvgIpc) is 3.04. The summed E-state index contributed by atoms with van der Waals surface area (Å²) >= 11 is 1.71. The van der Waals surface area contributed by atoms with Crippen molar-refractivity contribution in [3.8, 4) is 0 Å². The molecule has 0 bridgehead atoms. The van der Waals surface area contributed by atoms with Crippen molar-refractivity contribution in [2.75, 3.05) is 0 Å². The summed E-state index contributed by atoms with van der Waals surface area (Å²) < 4.78 is 0. The number of nitrogens with zero attached hydrogens (tertiary/aromatic N) is 1. The first-order valence-corrected chi connectivity index (χ1v) is 9.42. The topological polar surface area (TPSA) is 54.0 Å². The van der Waals surface area contributed by atoms with Crippen molar-refractivity contribution < 1.29 is 4.79 Å². The largest absolute Gasteiger partial charge is 0.350 e. The van der Waals surface area contributed by atoms with Crippen LogP contribution in [0.4, 0.5) is 0 Å². The molecule has 1 aromatic carbocycles. The zero-order valence-electron chi connectivity index (χ0n) is 14.9. The minimum absolute atomic E-state index is 0.00715. The molecule has 5 heteroatoms. The lowest BCUT2D eigenvalue weighted by Gasteiger charge is -2.12. The molecule has 1 amide bonds. The molecule has 0 aliphatic rings. The second-order valence-corrected chi connectivity index (χ2v) is 7.31. The van der Waals surface area contributed by atoms with Crippen LogP contribution in [0.25, 0.3) is 0 Å². The van der Waals surface area contributed by atoms with E-state index in [1.807, 2.05) is 31.2 Å². The second kappa shape index (κ2) is 8.94. The number of rotatable bonds is 8. The first-order chi connectivity index (χ1) is 11.5. The molecule has 1 atom stereocenters. The molecule has 2 rings (SSSR count). The Morgan fingerprint density at radius 2 is 2.04 bits per heavy atom. The molecule has 0 spiro atoms. The van der Waals surface area contributed by atoms with Crippen LogP contribution in [0.5, 0.6) is 0 Å². The van der Waals surface area contributed by atoms with E-state index in [4.69, 9.17) is 0 Å². The normalized spacial score (nSPS) is 12.4. The highest BCUT2D eigenvalue weighted by atomic mass is 32.1. The first kappa shape index (κ1) is 18.6. The smallest absolute Gasteiger partial charge is 0.251 e. The number of aromatic nitrogens is 1. The summed E-state index contributed by atoms with van der Waals surface area (Å²) in [4.78, 5) is 16.8. The van der Waals surface area contributed by atoms with E-state index in [2.05, 4.69) is 41.8 Å². The van der Waals surface area contributed by atoms with E-state index >= 15 is 0 Å². The summed E-state index contributed by atoms with van der Waals surface area (Å²) in [6.07, 6.45) is 0.930. The number of carbonyl (C=O) groups excluding carboxylic acids is 1. The average molecular weight is 346 g/mol. The van der Waals surface area contributed by atoms with Crippen molar-refractivity contribution in [2.24, 2.45) is 0 Å². The molecule has 4 nitrogen and oxygen atoms in total. The molecular weight excluding hydrogens is 318 g/mol. The van der Waals surface area contributed by atoms with Crippen LogP contribution in [0.3, 0.4) is 0 Å². The molecule has 2 N–H and O–H groups in total. The Bertz CT molecular complexity index is 666. The molecule has 1 aromatic heterocycles. The maximum absolute atomic E-state index is 12.2. The predicted molar refractivity (Wildman–Crippen MR) is 100 cm³/mol. The molecule has 0 aliphatic carbocycles. The number of carbonyl (C=O) groups is 1. The third-order valence-corrected chi connectivity index (χ3v) is 5.07.